The van der Waals surface area contributed by atoms with Crippen LogP contribution in [0.3, 0.4) is 0 Å². The Bertz CT molecular complexity index is 1310. The topological polar surface area (TPSA) is 208 Å². The van der Waals surface area contributed by atoms with Gasteiger partial charge in [-0.1, -0.05) is 6.92 Å². The van der Waals surface area contributed by atoms with Crippen molar-refractivity contribution in [3.8, 4) is 5.75 Å². The number of nitrogens with one attached hydrogen (secondary N) is 1. The fourth-order valence-corrected chi connectivity index (χ4v) is 6.66. The minimum absolute atomic E-state index is 0.00994. The lowest BCUT2D eigenvalue weighted by Gasteiger charge is -2.56. The fourth-order valence-electron chi connectivity index (χ4n) is 6.66. The average Bonchev–Trinajstić information content (AvgIpc) is 2.81. The zero-order valence-electron chi connectivity index (χ0n) is 22.2. The van der Waals surface area contributed by atoms with E-state index in [9.17, 15) is 44.1 Å². The summed E-state index contributed by atoms with van der Waals surface area (Å²) >= 11 is 0. The van der Waals surface area contributed by atoms with Crippen molar-refractivity contribution in [3.05, 3.63) is 23.3 Å². The highest BCUT2D eigenvalue weighted by Crippen LogP contribution is 2.55. The van der Waals surface area contributed by atoms with Crippen LogP contribution in [0.4, 0.5) is 5.69 Å². The summed E-state index contributed by atoms with van der Waals surface area (Å²) in [5.74, 6) is -14.7. The summed E-state index contributed by atoms with van der Waals surface area (Å²) in [5, 5.41) is 36.7. The summed E-state index contributed by atoms with van der Waals surface area (Å²) in [6.45, 7) is 1.59. The molecular formula is C26H32N4O9. The van der Waals surface area contributed by atoms with Crippen LogP contribution in [0.5, 0.6) is 5.75 Å². The summed E-state index contributed by atoms with van der Waals surface area (Å²) < 4.78 is 0. The zero-order chi connectivity index (χ0) is 29.3. The van der Waals surface area contributed by atoms with Crippen molar-refractivity contribution in [1.29, 1.82) is 0 Å². The molecule has 0 radical (unpaired) electrons. The molecule has 13 nitrogen and oxygen atoms in total. The number of nitrogens with zero attached hydrogens (tertiary/aromatic N) is 2. The van der Waals surface area contributed by atoms with Crippen LogP contribution in [-0.2, 0) is 24.0 Å². The number of carbonyl (C=O) groups is 6. The second-order valence-electron chi connectivity index (χ2n) is 11.1. The number of amides is 2. The Morgan fingerprint density at radius 2 is 1.69 bits per heavy atom. The number of aliphatic hydroxyl groups excluding tert-OH is 1. The Balaban J connectivity index is 1.91. The van der Waals surface area contributed by atoms with Gasteiger partial charge in [-0.25, -0.2) is 0 Å². The number of aliphatic hydroxyl groups is 2. The molecule has 2 fully saturated rings. The number of nitrogens with two attached hydrogens (primary N) is 1. The van der Waals surface area contributed by atoms with Crippen LogP contribution < -0.4 is 11.1 Å². The number of hydrogen-bond donors (Lipinski definition) is 5. The van der Waals surface area contributed by atoms with Crippen LogP contribution in [0.1, 0.15) is 28.8 Å². The number of Topliss-reactive ketones (excluding diaryl/α,β-unsaturated/α-hetero) is 4. The van der Waals surface area contributed by atoms with Gasteiger partial charge in [-0.2, -0.15) is 0 Å². The average molecular weight is 545 g/mol. The van der Waals surface area contributed by atoms with Gasteiger partial charge in [-0.3, -0.25) is 33.7 Å². The van der Waals surface area contributed by atoms with Gasteiger partial charge >= 0.3 is 0 Å². The molecule has 0 aromatic heterocycles. The summed E-state index contributed by atoms with van der Waals surface area (Å²) in [5.41, 5.74) is 2.31. The van der Waals surface area contributed by atoms with E-state index in [4.69, 9.17) is 5.73 Å². The van der Waals surface area contributed by atoms with Crippen LogP contribution in [0.15, 0.2) is 12.1 Å². The maximum absolute atomic E-state index is 13.9. The van der Waals surface area contributed by atoms with Crippen LogP contribution in [0.25, 0.3) is 0 Å². The molecule has 6 N–H and O–H groups in total. The van der Waals surface area contributed by atoms with Gasteiger partial charge in [-0.15, -0.1) is 0 Å². The lowest BCUT2D eigenvalue weighted by molar-refractivity contribution is -0.196. The van der Waals surface area contributed by atoms with Crippen molar-refractivity contribution in [2.24, 2.45) is 29.4 Å². The van der Waals surface area contributed by atoms with Crippen LogP contribution in [0, 0.1) is 23.7 Å². The molecule has 4 rings (SSSR count). The number of aromatic hydroxyl groups is 1. The molecule has 0 aliphatic heterocycles. The van der Waals surface area contributed by atoms with Crippen LogP contribution in [0.2, 0.25) is 0 Å². The monoisotopic (exact) mass is 544 g/mol. The maximum Gasteiger partial charge on any atom is 0.238 e. The summed E-state index contributed by atoms with van der Waals surface area (Å²) in [4.78, 5) is 81.8. The number of primary amides is 1. The van der Waals surface area contributed by atoms with E-state index >= 15 is 0 Å². The third-order valence-electron chi connectivity index (χ3n) is 8.20. The van der Waals surface area contributed by atoms with E-state index in [-0.39, 0.29) is 23.4 Å². The van der Waals surface area contributed by atoms with E-state index in [0.29, 0.717) is 0 Å². The summed E-state index contributed by atoms with van der Waals surface area (Å²) in [6, 6.07) is 1.11. The number of phenolic OH excluding ortho intramolecular Hbond substituents is 1. The number of fused-ring (bicyclic) bond motifs is 3. The van der Waals surface area contributed by atoms with Gasteiger partial charge in [-0.05, 0) is 51.8 Å². The van der Waals surface area contributed by atoms with E-state index in [0.717, 1.165) is 0 Å². The number of hydrogen-bond acceptors (Lipinski definition) is 11. The highest BCUT2D eigenvalue weighted by atomic mass is 16.3. The Hall–Kier alpha value is -3.52. The number of likely N-dealkylation sites (N-methyl/N-ethyl adjacent to an activating group) is 2. The van der Waals surface area contributed by atoms with Gasteiger partial charge in [0.1, 0.15) is 5.75 Å². The molecule has 3 aliphatic rings. The van der Waals surface area contributed by atoms with Crippen molar-refractivity contribution < 1.29 is 44.1 Å². The fraction of sp³-hybridized carbons (Fsp3) is 0.538. The zero-order valence-corrected chi connectivity index (χ0v) is 22.2. The standard InChI is InChI=1S/C26H32N4O9/c1-9-13-10(28-12(32)8-29(2)3)6-7-11(31)15(13)20(33)16-14(9)21(34)18-19(30(4)5)22(35)17(25(27)38)24(37)26(18,39)23(16)36/h6-7,9,14,16-19,21,31,34,39H,8H2,1-5H3,(H2,27,38)(H,28,32)/t9-,14+,16?,17?,18+,19-,21-,26-/m0/s1. The number of phenols is 1. The Kier molecular flexibility index (Phi) is 7.01. The maximum atomic E-state index is 13.9. The molecule has 13 heteroatoms. The van der Waals surface area contributed by atoms with Gasteiger partial charge in [0.15, 0.2) is 34.7 Å². The molecule has 1 aromatic carbocycles. The molecule has 8 atom stereocenters. The molecule has 2 saturated carbocycles. The Morgan fingerprint density at radius 3 is 2.23 bits per heavy atom. The molecule has 0 spiro atoms. The van der Waals surface area contributed by atoms with Gasteiger partial charge < -0.3 is 31.3 Å². The second kappa shape index (κ2) is 9.59. The molecule has 1 aromatic rings. The van der Waals surface area contributed by atoms with Crippen molar-refractivity contribution in [2.45, 2.75) is 30.6 Å². The smallest absolute Gasteiger partial charge is 0.238 e. The minimum atomic E-state index is -3.07. The SMILES string of the molecule is C[C@H]1c2c(NC(=O)CN(C)C)ccc(O)c2C(=O)C2C(=O)[C@]3(O)C(=O)C(C(N)=O)C(=O)[C@@H](N(C)C)[C@@H]3[C@@H](O)[C@@H]21. The quantitative estimate of drug-likeness (QED) is 0.200. The van der Waals surface area contributed by atoms with Crippen LogP contribution in [-0.4, -0.2) is 113 Å². The van der Waals surface area contributed by atoms with E-state index in [1.165, 1.54) is 31.1 Å². The predicted octanol–water partition coefficient (Wildman–Crippen LogP) is -2.10. The summed E-state index contributed by atoms with van der Waals surface area (Å²) in [7, 11) is 6.21. The molecule has 2 unspecified atom stereocenters. The number of carbonyl (C=O) groups excluding carboxylic acids is 6. The molecular weight excluding hydrogens is 512 g/mol. The summed E-state index contributed by atoms with van der Waals surface area (Å²) in [6.07, 6.45) is -1.76. The third kappa shape index (κ3) is 3.99. The molecule has 39 heavy (non-hydrogen) atoms. The second-order valence-corrected chi connectivity index (χ2v) is 11.1. The van der Waals surface area contributed by atoms with E-state index in [2.05, 4.69) is 5.32 Å². The van der Waals surface area contributed by atoms with E-state index < -0.39 is 88.0 Å². The highest BCUT2D eigenvalue weighted by molar-refractivity contribution is 6.32. The van der Waals surface area contributed by atoms with Gasteiger partial charge in [0.2, 0.25) is 11.8 Å². The number of benzene rings is 1. The first-order valence-electron chi connectivity index (χ1n) is 12.4. The molecule has 3 aliphatic carbocycles. The highest BCUT2D eigenvalue weighted by Gasteiger charge is 2.73. The normalized spacial score (nSPS) is 34.0. The molecule has 0 saturated heterocycles. The van der Waals surface area contributed by atoms with Gasteiger partial charge in [0, 0.05) is 11.6 Å². The Labute approximate surface area is 223 Å². The molecule has 210 valence electrons. The predicted molar refractivity (Wildman–Crippen MR) is 135 cm³/mol. The number of rotatable bonds is 5. The van der Waals surface area contributed by atoms with E-state index in [1.807, 2.05) is 0 Å². The minimum Gasteiger partial charge on any atom is -0.507 e. The first-order valence-corrected chi connectivity index (χ1v) is 12.4. The van der Waals surface area contributed by atoms with Crippen molar-refractivity contribution in [2.75, 3.05) is 40.1 Å². The van der Waals surface area contributed by atoms with Gasteiger partial charge in [0.05, 0.1) is 36.1 Å². The molecule has 0 heterocycles. The Morgan fingerprint density at radius 1 is 1.08 bits per heavy atom. The molecule has 0 bridgehead atoms. The van der Waals surface area contributed by atoms with Gasteiger partial charge in [0.25, 0.3) is 0 Å². The largest absolute Gasteiger partial charge is 0.507 e. The van der Waals surface area contributed by atoms with Crippen molar-refractivity contribution in [3.63, 3.8) is 0 Å². The number of ketones is 4. The first kappa shape index (κ1) is 28.5. The lowest BCUT2D eigenvalue weighted by atomic mass is 9.49. The molecule has 2 amide bonds. The van der Waals surface area contributed by atoms with Crippen LogP contribution >= 0.6 is 0 Å². The lowest BCUT2D eigenvalue weighted by Crippen LogP contribution is -2.77. The number of anilines is 1. The van der Waals surface area contributed by atoms with E-state index in [1.54, 1.807) is 25.9 Å². The first-order chi connectivity index (χ1) is 18.1. The van der Waals surface area contributed by atoms with Crippen molar-refractivity contribution >= 4 is 40.6 Å². The third-order valence-corrected chi connectivity index (χ3v) is 8.20. The van der Waals surface area contributed by atoms with Crippen molar-refractivity contribution in [1.82, 2.24) is 9.80 Å².